The Morgan fingerprint density at radius 2 is 1.70 bits per heavy atom. The number of amides is 1. The van der Waals surface area contributed by atoms with Crippen LogP contribution in [0.2, 0.25) is 5.02 Å². The molecule has 0 spiro atoms. The van der Waals surface area contributed by atoms with Crippen molar-refractivity contribution in [1.29, 1.82) is 0 Å². The lowest BCUT2D eigenvalue weighted by molar-refractivity contribution is 0.101. The molecule has 0 aliphatic rings. The molecule has 0 unspecified atom stereocenters. The summed E-state index contributed by atoms with van der Waals surface area (Å²) in [6, 6.07) is 24.1. The second-order valence-electron chi connectivity index (χ2n) is 6.37. The van der Waals surface area contributed by atoms with Crippen LogP contribution in [0.1, 0.15) is 17.5 Å². The summed E-state index contributed by atoms with van der Waals surface area (Å²) in [6.45, 7) is 2.38. The number of aromatic nitrogens is 3. The van der Waals surface area contributed by atoms with E-state index in [1.807, 2.05) is 67.6 Å². The topological polar surface area (TPSA) is 69.0 Å². The highest BCUT2D eigenvalue weighted by Gasteiger charge is 2.20. The largest absolute Gasteiger partial charge is 0.492 e. The van der Waals surface area contributed by atoms with Gasteiger partial charge in [-0.3, -0.25) is 4.79 Å². The van der Waals surface area contributed by atoms with Crippen LogP contribution in [0.4, 0.5) is 5.69 Å². The molecular formula is C23H19ClN4O2. The number of carbonyl (C=O) groups excluding carboxylic acids is 1. The molecular weight excluding hydrogens is 400 g/mol. The van der Waals surface area contributed by atoms with Gasteiger partial charge in [-0.2, -0.15) is 0 Å². The zero-order chi connectivity index (χ0) is 20.9. The predicted octanol–water partition coefficient (Wildman–Crippen LogP) is 5.24. The molecule has 150 valence electrons. The maximum atomic E-state index is 12.9. The third-order valence-electron chi connectivity index (χ3n) is 4.36. The summed E-state index contributed by atoms with van der Waals surface area (Å²) in [4.78, 5) is 17.5. The molecule has 7 heteroatoms. The van der Waals surface area contributed by atoms with Gasteiger partial charge in [-0.05, 0) is 31.2 Å². The van der Waals surface area contributed by atoms with E-state index < -0.39 is 5.91 Å². The molecule has 3 aromatic carbocycles. The summed E-state index contributed by atoms with van der Waals surface area (Å²) in [7, 11) is 0. The van der Waals surface area contributed by atoms with Crippen molar-refractivity contribution < 1.29 is 9.53 Å². The zero-order valence-corrected chi connectivity index (χ0v) is 17.0. The van der Waals surface area contributed by atoms with Gasteiger partial charge in [0.2, 0.25) is 5.82 Å². The maximum absolute atomic E-state index is 12.9. The number of benzene rings is 3. The molecule has 0 saturated heterocycles. The van der Waals surface area contributed by atoms with Crippen LogP contribution in [0.15, 0.2) is 78.9 Å². The van der Waals surface area contributed by atoms with Crippen molar-refractivity contribution in [2.75, 3.05) is 11.9 Å². The van der Waals surface area contributed by atoms with E-state index in [0.717, 1.165) is 5.56 Å². The summed E-state index contributed by atoms with van der Waals surface area (Å²) >= 11 is 6.39. The van der Waals surface area contributed by atoms with E-state index in [2.05, 4.69) is 15.4 Å². The van der Waals surface area contributed by atoms with Crippen molar-refractivity contribution >= 4 is 23.2 Å². The molecule has 30 heavy (non-hydrogen) atoms. The van der Waals surface area contributed by atoms with Crippen molar-refractivity contribution in [1.82, 2.24) is 14.8 Å². The highest BCUT2D eigenvalue weighted by atomic mass is 35.5. The van der Waals surface area contributed by atoms with Crippen LogP contribution < -0.4 is 10.1 Å². The first-order valence-corrected chi connectivity index (χ1v) is 9.85. The minimum Gasteiger partial charge on any atom is -0.492 e. The molecule has 1 heterocycles. The van der Waals surface area contributed by atoms with Gasteiger partial charge in [-0.1, -0.05) is 66.2 Å². The van der Waals surface area contributed by atoms with E-state index in [4.69, 9.17) is 16.3 Å². The molecule has 0 aliphatic carbocycles. The SMILES string of the molecule is CCOc1ccccc1NC(=O)c1nc(-c2ccccc2)n(-c2ccccc2Cl)n1. The molecule has 1 aromatic heterocycles. The number of hydrogen-bond donors (Lipinski definition) is 1. The fraction of sp³-hybridized carbons (Fsp3) is 0.0870. The average Bonchev–Trinajstić information content (AvgIpc) is 3.22. The van der Waals surface area contributed by atoms with Crippen LogP contribution in [0.3, 0.4) is 0 Å². The van der Waals surface area contributed by atoms with Gasteiger partial charge in [0.05, 0.1) is 23.0 Å². The number of hydrogen-bond acceptors (Lipinski definition) is 4. The number of halogens is 1. The third-order valence-corrected chi connectivity index (χ3v) is 4.68. The first-order chi connectivity index (χ1) is 14.7. The zero-order valence-electron chi connectivity index (χ0n) is 16.2. The van der Waals surface area contributed by atoms with Crippen LogP contribution >= 0.6 is 11.6 Å². The van der Waals surface area contributed by atoms with Crippen molar-refractivity contribution in [2.24, 2.45) is 0 Å². The Labute approximate surface area is 179 Å². The lowest BCUT2D eigenvalue weighted by Gasteiger charge is -2.09. The van der Waals surface area contributed by atoms with Gasteiger partial charge in [0.25, 0.3) is 5.91 Å². The summed E-state index contributed by atoms with van der Waals surface area (Å²) < 4.78 is 7.16. The Morgan fingerprint density at radius 3 is 2.47 bits per heavy atom. The summed E-state index contributed by atoms with van der Waals surface area (Å²) in [5, 5.41) is 7.80. The van der Waals surface area contributed by atoms with Crippen molar-refractivity contribution in [3.8, 4) is 22.8 Å². The molecule has 6 nitrogen and oxygen atoms in total. The predicted molar refractivity (Wildman–Crippen MR) is 117 cm³/mol. The van der Waals surface area contributed by atoms with Crippen LogP contribution in [0, 0.1) is 0 Å². The average molecular weight is 419 g/mol. The minimum atomic E-state index is -0.440. The highest BCUT2D eigenvalue weighted by Crippen LogP contribution is 2.27. The first kappa shape index (κ1) is 19.7. The third kappa shape index (κ3) is 4.04. The molecule has 4 aromatic rings. The molecule has 0 saturated carbocycles. The minimum absolute atomic E-state index is 0.0278. The van der Waals surface area contributed by atoms with E-state index in [1.165, 1.54) is 0 Å². The molecule has 1 N–H and O–H groups in total. The van der Waals surface area contributed by atoms with E-state index in [0.29, 0.717) is 34.6 Å². The standard InChI is InChI=1S/C23H19ClN4O2/c1-2-30-20-15-9-7-13-18(20)25-23(29)21-26-22(16-10-4-3-5-11-16)28(27-21)19-14-8-6-12-17(19)24/h3-15H,2H2,1H3,(H,25,29). The molecule has 0 radical (unpaired) electrons. The molecule has 0 aliphatic heterocycles. The van der Waals surface area contributed by atoms with Gasteiger partial charge in [-0.25, -0.2) is 9.67 Å². The highest BCUT2D eigenvalue weighted by molar-refractivity contribution is 6.32. The fourth-order valence-electron chi connectivity index (χ4n) is 3.00. The smallest absolute Gasteiger partial charge is 0.295 e. The van der Waals surface area contributed by atoms with E-state index >= 15 is 0 Å². The monoisotopic (exact) mass is 418 g/mol. The summed E-state index contributed by atoms with van der Waals surface area (Å²) in [5.41, 5.74) is 2.01. The van der Waals surface area contributed by atoms with Gasteiger partial charge in [0.1, 0.15) is 5.75 Å². The normalized spacial score (nSPS) is 10.6. The van der Waals surface area contributed by atoms with Crippen LogP contribution in [0.5, 0.6) is 5.75 Å². The lowest BCUT2D eigenvalue weighted by atomic mass is 10.2. The van der Waals surface area contributed by atoms with Crippen LogP contribution in [-0.4, -0.2) is 27.3 Å². The van der Waals surface area contributed by atoms with E-state index in [9.17, 15) is 4.79 Å². The number of ether oxygens (including phenoxy) is 1. The molecule has 4 rings (SSSR count). The Balaban J connectivity index is 1.75. The second-order valence-corrected chi connectivity index (χ2v) is 6.78. The number of para-hydroxylation sites is 3. The van der Waals surface area contributed by atoms with Crippen LogP contribution in [0.25, 0.3) is 17.1 Å². The number of rotatable bonds is 6. The first-order valence-electron chi connectivity index (χ1n) is 9.48. The molecule has 0 atom stereocenters. The van der Waals surface area contributed by atoms with Crippen molar-refractivity contribution in [2.45, 2.75) is 6.92 Å². The molecule has 1 amide bonds. The van der Waals surface area contributed by atoms with Crippen LogP contribution in [-0.2, 0) is 0 Å². The van der Waals surface area contributed by atoms with E-state index in [-0.39, 0.29) is 5.82 Å². The summed E-state index contributed by atoms with van der Waals surface area (Å²) in [6.07, 6.45) is 0. The summed E-state index contributed by atoms with van der Waals surface area (Å²) in [5.74, 6) is 0.694. The van der Waals surface area contributed by atoms with Crippen molar-refractivity contribution in [3.63, 3.8) is 0 Å². The number of nitrogens with one attached hydrogen (secondary N) is 1. The Bertz CT molecular complexity index is 1170. The lowest BCUT2D eigenvalue weighted by Crippen LogP contribution is -2.15. The second kappa shape index (κ2) is 8.80. The number of anilines is 1. The molecule has 0 fully saturated rings. The van der Waals surface area contributed by atoms with E-state index in [1.54, 1.807) is 22.9 Å². The van der Waals surface area contributed by atoms with Crippen molar-refractivity contribution in [3.05, 3.63) is 89.7 Å². The van der Waals surface area contributed by atoms with Gasteiger partial charge in [0.15, 0.2) is 5.82 Å². The Hall–Kier alpha value is -3.64. The Morgan fingerprint density at radius 1 is 1.00 bits per heavy atom. The van der Waals surface area contributed by atoms with Gasteiger partial charge < -0.3 is 10.1 Å². The molecule has 0 bridgehead atoms. The van der Waals surface area contributed by atoms with Gasteiger partial charge in [-0.15, -0.1) is 5.10 Å². The fourth-order valence-corrected chi connectivity index (χ4v) is 3.22. The van der Waals surface area contributed by atoms with Gasteiger partial charge >= 0.3 is 0 Å². The quantitative estimate of drug-likeness (QED) is 0.465. The maximum Gasteiger partial charge on any atom is 0.295 e. The Kier molecular flexibility index (Phi) is 5.77. The number of nitrogens with zero attached hydrogens (tertiary/aromatic N) is 3. The van der Waals surface area contributed by atoms with Gasteiger partial charge in [0, 0.05) is 5.56 Å². The number of carbonyl (C=O) groups is 1.